The third-order valence-electron chi connectivity index (χ3n) is 3.81. The lowest BCUT2D eigenvalue weighted by Crippen LogP contribution is -2.34. The van der Waals surface area contributed by atoms with Crippen molar-refractivity contribution in [3.8, 4) is 0 Å². The molecule has 1 saturated heterocycles. The van der Waals surface area contributed by atoms with Gasteiger partial charge in [-0.25, -0.2) is 0 Å². The van der Waals surface area contributed by atoms with Crippen molar-refractivity contribution < 1.29 is 14.0 Å². The molecule has 0 radical (unpaired) electrons. The van der Waals surface area contributed by atoms with Crippen molar-refractivity contribution in [2.75, 3.05) is 13.1 Å². The van der Waals surface area contributed by atoms with Gasteiger partial charge in [0, 0.05) is 24.4 Å². The van der Waals surface area contributed by atoms with Gasteiger partial charge in [0.25, 0.3) is 5.91 Å². The molecule has 0 saturated carbocycles. The van der Waals surface area contributed by atoms with Gasteiger partial charge in [0.15, 0.2) is 5.76 Å². The van der Waals surface area contributed by atoms with Gasteiger partial charge in [-0.05, 0) is 36.4 Å². The van der Waals surface area contributed by atoms with Crippen LogP contribution in [0.2, 0.25) is 0 Å². The number of hydrogen-bond acceptors (Lipinski definition) is 4. The molecule has 0 unspecified atom stereocenters. The molecule has 2 amide bonds. The first kappa shape index (κ1) is 14.8. The molecule has 0 aromatic carbocycles. The molecule has 116 valence electrons. The molecule has 1 fully saturated rings. The predicted octanol–water partition coefficient (Wildman–Crippen LogP) is 2.82. The summed E-state index contributed by atoms with van der Waals surface area (Å²) >= 11 is 1.69. The van der Waals surface area contributed by atoms with Gasteiger partial charge in [-0.3, -0.25) is 9.59 Å². The van der Waals surface area contributed by atoms with Gasteiger partial charge in [-0.1, -0.05) is 6.07 Å². The minimum Gasteiger partial charge on any atom is -0.459 e. The van der Waals surface area contributed by atoms with E-state index in [1.165, 1.54) is 11.1 Å². The Balaban J connectivity index is 1.50. The summed E-state index contributed by atoms with van der Waals surface area (Å²) in [5.74, 6) is 0.0785. The first-order valence-electron chi connectivity index (χ1n) is 7.40. The number of furan rings is 1. The summed E-state index contributed by atoms with van der Waals surface area (Å²) in [4.78, 5) is 27.3. The first-order valence-corrected chi connectivity index (χ1v) is 8.28. The maximum atomic E-state index is 12.4. The number of nitrogens with one attached hydrogen (secondary N) is 1. The van der Waals surface area contributed by atoms with Gasteiger partial charge in [-0.15, -0.1) is 11.3 Å². The number of carbonyl (C=O) groups excluding carboxylic acids is 2. The normalized spacial score (nSPS) is 17.6. The lowest BCUT2D eigenvalue weighted by atomic mass is 10.2. The fraction of sp³-hybridized carbons (Fsp3) is 0.375. The molecule has 1 aliphatic heterocycles. The van der Waals surface area contributed by atoms with E-state index in [4.69, 9.17) is 4.42 Å². The lowest BCUT2D eigenvalue weighted by Gasteiger charge is -2.24. The Labute approximate surface area is 132 Å². The van der Waals surface area contributed by atoms with E-state index < -0.39 is 0 Å². The maximum Gasteiger partial charge on any atom is 0.286 e. The van der Waals surface area contributed by atoms with Gasteiger partial charge in [-0.2, -0.15) is 0 Å². The zero-order chi connectivity index (χ0) is 15.4. The van der Waals surface area contributed by atoms with Crippen LogP contribution in [0.25, 0.3) is 0 Å². The highest BCUT2D eigenvalue weighted by molar-refractivity contribution is 7.10. The molecular formula is C16H18N2O3S. The third-order valence-corrected chi connectivity index (χ3v) is 4.79. The Bertz CT molecular complexity index is 622. The third kappa shape index (κ3) is 3.22. The summed E-state index contributed by atoms with van der Waals surface area (Å²) in [6.45, 7) is 1.12. The Morgan fingerprint density at radius 3 is 3.00 bits per heavy atom. The van der Waals surface area contributed by atoms with Gasteiger partial charge in [0.1, 0.15) is 0 Å². The molecule has 0 aliphatic carbocycles. The summed E-state index contributed by atoms with van der Waals surface area (Å²) in [5.41, 5.74) is 0. The van der Waals surface area contributed by atoms with Crippen LogP contribution in [0.4, 0.5) is 0 Å². The molecule has 5 nitrogen and oxygen atoms in total. The molecule has 2 aromatic rings. The zero-order valence-electron chi connectivity index (χ0n) is 12.2. The molecule has 1 atom stereocenters. The largest absolute Gasteiger partial charge is 0.459 e. The topological polar surface area (TPSA) is 62.6 Å². The second-order valence-corrected chi connectivity index (χ2v) is 6.22. The number of thiophene rings is 1. The molecule has 22 heavy (non-hydrogen) atoms. The lowest BCUT2D eigenvalue weighted by molar-refractivity contribution is -0.131. The number of carbonyl (C=O) groups is 2. The molecular weight excluding hydrogens is 300 g/mol. The summed E-state index contributed by atoms with van der Waals surface area (Å²) in [7, 11) is 0. The van der Waals surface area contributed by atoms with Crippen LogP contribution in [0.5, 0.6) is 0 Å². The van der Waals surface area contributed by atoms with Crippen LogP contribution >= 0.6 is 11.3 Å². The van der Waals surface area contributed by atoms with Crippen LogP contribution < -0.4 is 5.32 Å². The smallest absolute Gasteiger partial charge is 0.286 e. The highest BCUT2D eigenvalue weighted by Crippen LogP contribution is 2.34. The van der Waals surface area contributed by atoms with E-state index in [0.717, 1.165) is 19.4 Å². The second kappa shape index (κ2) is 6.79. The number of rotatable bonds is 5. The van der Waals surface area contributed by atoms with Gasteiger partial charge >= 0.3 is 0 Å². The second-order valence-electron chi connectivity index (χ2n) is 5.24. The monoisotopic (exact) mass is 318 g/mol. The van der Waals surface area contributed by atoms with Crippen molar-refractivity contribution in [2.45, 2.75) is 25.3 Å². The Morgan fingerprint density at radius 1 is 1.36 bits per heavy atom. The Kier molecular flexibility index (Phi) is 4.58. The molecule has 0 spiro atoms. The summed E-state index contributed by atoms with van der Waals surface area (Å²) in [5, 5.41) is 4.75. The van der Waals surface area contributed by atoms with Crippen LogP contribution in [0, 0.1) is 0 Å². The van der Waals surface area contributed by atoms with E-state index in [0.29, 0.717) is 13.0 Å². The van der Waals surface area contributed by atoms with Crippen molar-refractivity contribution in [2.24, 2.45) is 0 Å². The van der Waals surface area contributed by atoms with Crippen LogP contribution in [-0.4, -0.2) is 29.8 Å². The van der Waals surface area contributed by atoms with Crippen LogP contribution in [0.1, 0.15) is 40.7 Å². The average molecular weight is 318 g/mol. The fourth-order valence-corrected chi connectivity index (χ4v) is 3.64. The Hall–Kier alpha value is -2.08. The summed E-state index contributed by atoms with van der Waals surface area (Å²) in [6, 6.07) is 7.57. The van der Waals surface area contributed by atoms with Crippen molar-refractivity contribution in [1.82, 2.24) is 10.2 Å². The fourth-order valence-electron chi connectivity index (χ4n) is 2.76. The van der Waals surface area contributed by atoms with E-state index in [1.54, 1.807) is 23.5 Å². The molecule has 1 aliphatic rings. The van der Waals surface area contributed by atoms with Crippen molar-refractivity contribution >= 4 is 23.2 Å². The van der Waals surface area contributed by atoms with Gasteiger partial charge < -0.3 is 14.6 Å². The molecule has 3 heterocycles. The van der Waals surface area contributed by atoms with Crippen molar-refractivity contribution in [3.05, 3.63) is 46.5 Å². The number of amides is 2. The molecule has 0 bridgehead atoms. The number of hydrogen-bond donors (Lipinski definition) is 1. The highest BCUT2D eigenvalue weighted by Gasteiger charge is 2.30. The molecule has 3 rings (SSSR count). The number of nitrogens with zero attached hydrogens (tertiary/aromatic N) is 1. The average Bonchev–Trinajstić information content (AvgIpc) is 3.26. The van der Waals surface area contributed by atoms with Crippen molar-refractivity contribution in [3.63, 3.8) is 0 Å². The van der Waals surface area contributed by atoms with Gasteiger partial charge in [0.2, 0.25) is 5.91 Å². The number of likely N-dealkylation sites (tertiary alicyclic amines) is 1. The minimum absolute atomic E-state index is 0.0932. The van der Waals surface area contributed by atoms with E-state index >= 15 is 0 Å². The van der Waals surface area contributed by atoms with E-state index in [-0.39, 0.29) is 23.6 Å². The van der Waals surface area contributed by atoms with E-state index in [9.17, 15) is 9.59 Å². The standard InChI is InChI=1S/C16H18N2O3S/c19-15(7-8-17-16(20)13-5-2-10-21-13)18-9-1-4-12(18)14-6-3-11-22-14/h2-3,5-6,10-12H,1,4,7-9H2,(H,17,20)/t12-/m1/s1. The van der Waals surface area contributed by atoms with Crippen molar-refractivity contribution in [1.29, 1.82) is 0 Å². The Morgan fingerprint density at radius 2 is 2.27 bits per heavy atom. The summed E-state index contributed by atoms with van der Waals surface area (Å²) < 4.78 is 5.01. The minimum atomic E-state index is -0.283. The first-order chi connectivity index (χ1) is 10.8. The van der Waals surface area contributed by atoms with Gasteiger partial charge in [0.05, 0.1) is 12.3 Å². The zero-order valence-corrected chi connectivity index (χ0v) is 13.0. The van der Waals surface area contributed by atoms with Crippen LogP contribution in [0.15, 0.2) is 40.3 Å². The van der Waals surface area contributed by atoms with E-state index in [1.807, 2.05) is 16.3 Å². The predicted molar refractivity (Wildman–Crippen MR) is 83.7 cm³/mol. The van der Waals surface area contributed by atoms with Crippen LogP contribution in [0.3, 0.4) is 0 Å². The molecule has 6 heteroatoms. The SMILES string of the molecule is O=C(NCCC(=O)N1CCC[C@@H]1c1cccs1)c1ccco1. The summed E-state index contributed by atoms with van der Waals surface area (Å²) in [6.07, 6.45) is 3.82. The van der Waals surface area contributed by atoms with E-state index in [2.05, 4.69) is 11.4 Å². The quantitative estimate of drug-likeness (QED) is 0.922. The highest BCUT2D eigenvalue weighted by atomic mass is 32.1. The maximum absolute atomic E-state index is 12.4. The molecule has 2 aromatic heterocycles. The molecule has 1 N–H and O–H groups in total. The van der Waals surface area contributed by atoms with Crippen LogP contribution in [-0.2, 0) is 4.79 Å².